The highest BCUT2D eigenvalue weighted by molar-refractivity contribution is 6.15. The number of alkyl halides is 3. The lowest BCUT2D eigenvalue weighted by Crippen LogP contribution is -2.40. The number of rotatable bonds is 6. The molecule has 2 saturated carbocycles. The molecule has 0 bridgehead atoms. The molecular weight excluding hydrogens is 639 g/mol. The molecular formula is C31H30F3N7O7. The van der Waals surface area contributed by atoms with E-state index < -0.39 is 35.4 Å². The molecule has 2 fully saturated rings. The minimum atomic E-state index is -4.49. The fraction of sp³-hybridized carbons (Fsp3) is 0.419. The van der Waals surface area contributed by atoms with Crippen LogP contribution in [0.2, 0.25) is 0 Å². The van der Waals surface area contributed by atoms with Crippen LogP contribution in [0, 0.1) is 0 Å². The molecule has 1 aliphatic heterocycles. The van der Waals surface area contributed by atoms with Crippen molar-refractivity contribution in [3.8, 4) is 16.9 Å². The molecule has 0 unspecified atom stereocenters. The summed E-state index contributed by atoms with van der Waals surface area (Å²) in [5, 5.41) is 19.1. The summed E-state index contributed by atoms with van der Waals surface area (Å²) in [6.45, 7) is 5.14. The van der Waals surface area contributed by atoms with Crippen LogP contribution in [0.15, 0.2) is 35.2 Å². The number of carbonyl (C=O) groups excluding carboxylic acids is 2. The third kappa shape index (κ3) is 5.41. The lowest BCUT2D eigenvalue weighted by atomic mass is 9.97. The van der Waals surface area contributed by atoms with E-state index in [0.29, 0.717) is 44.8 Å². The second kappa shape index (κ2) is 10.8. The first-order valence-electron chi connectivity index (χ1n) is 15.2. The summed E-state index contributed by atoms with van der Waals surface area (Å²) < 4.78 is 58.6. The molecule has 48 heavy (non-hydrogen) atoms. The van der Waals surface area contributed by atoms with E-state index in [-0.39, 0.29) is 48.6 Å². The molecule has 4 amide bonds. The van der Waals surface area contributed by atoms with Gasteiger partial charge < -0.3 is 29.0 Å². The summed E-state index contributed by atoms with van der Waals surface area (Å²) in [6.07, 6.45) is -2.17. The number of anilines is 3. The zero-order valence-corrected chi connectivity index (χ0v) is 26.0. The second-order valence-corrected chi connectivity index (χ2v) is 13.0. The fourth-order valence-electron chi connectivity index (χ4n) is 5.91. The number of carboxylic acid groups (broad SMARTS) is 1. The van der Waals surface area contributed by atoms with E-state index in [1.54, 1.807) is 32.9 Å². The first kappa shape index (κ1) is 31.3. The topological polar surface area (TPSA) is 174 Å². The van der Waals surface area contributed by atoms with Crippen LogP contribution in [0.25, 0.3) is 22.2 Å². The van der Waals surface area contributed by atoms with Crippen LogP contribution in [-0.4, -0.2) is 61.4 Å². The minimum absolute atomic E-state index is 0.116. The highest BCUT2D eigenvalue weighted by atomic mass is 19.4. The highest BCUT2D eigenvalue weighted by Gasteiger charge is 2.67. The van der Waals surface area contributed by atoms with Crippen LogP contribution in [-0.2, 0) is 16.6 Å². The summed E-state index contributed by atoms with van der Waals surface area (Å²) in [7, 11) is 0. The van der Waals surface area contributed by atoms with Crippen LogP contribution in [0.3, 0.4) is 0 Å². The molecule has 14 nitrogen and oxygen atoms in total. The van der Waals surface area contributed by atoms with Gasteiger partial charge in [-0.15, -0.1) is 0 Å². The summed E-state index contributed by atoms with van der Waals surface area (Å²) in [5.74, 6) is -0.359. The molecule has 2 aliphatic carbocycles. The monoisotopic (exact) mass is 669 g/mol. The maximum absolute atomic E-state index is 13.5. The van der Waals surface area contributed by atoms with Gasteiger partial charge in [0.05, 0.1) is 17.7 Å². The number of nitrogens with zero attached hydrogens (tertiary/aromatic N) is 5. The van der Waals surface area contributed by atoms with Gasteiger partial charge in [0.1, 0.15) is 28.7 Å². The van der Waals surface area contributed by atoms with Crippen molar-refractivity contribution in [3.05, 3.63) is 42.0 Å². The normalized spacial score (nSPS) is 16.6. The Morgan fingerprint density at radius 1 is 1.10 bits per heavy atom. The maximum Gasteiger partial charge on any atom is 0.425 e. The Bertz CT molecular complexity index is 1970. The molecule has 0 atom stereocenters. The molecule has 4 heterocycles. The molecule has 17 heteroatoms. The Morgan fingerprint density at radius 3 is 2.50 bits per heavy atom. The number of aromatic nitrogens is 4. The lowest BCUT2D eigenvalue weighted by molar-refractivity contribution is -0.165. The third-order valence-corrected chi connectivity index (χ3v) is 8.42. The smallest absolute Gasteiger partial charge is 0.425 e. The van der Waals surface area contributed by atoms with E-state index in [9.17, 15) is 32.7 Å². The Hall–Kier alpha value is -5.35. The van der Waals surface area contributed by atoms with Gasteiger partial charge in [-0.25, -0.2) is 24.4 Å². The molecule has 0 radical (unpaired) electrons. The van der Waals surface area contributed by atoms with Crippen LogP contribution >= 0.6 is 0 Å². The number of nitrogens with one attached hydrogen (secondary N) is 2. The van der Waals surface area contributed by atoms with Gasteiger partial charge in [-0.3, -0.25) is 5.32 Å². The maximum atomic E-state index is 13.5. The third-order valence-electron chi connectivity index (χ3n) is 8.42. The standard InChI is InChI=1S/C31H30F3N7O7/c1-29(2,3)47-28(45)41(27(43)44)25-22-18(13-40(15-4-5-15)24(22)35-14-36-25)16-6-7-19(23-17(16)8-11-46-23)37-26(42)38-21-12-20(48-39-21)30(9-10-30)31(32,33)34/h6-7,12-15H,4-5,8-11H2,1-3H3,(H,43,44)(H2,37,38,39,42). The summed E-state index contributed by atoms with van der Waals surface area (Å²) in [5.41, 5.74) is -0.452. The average molecular weight is 670 g/mol. The number of carbonyl (C=O) groups is 3. The Balaban J connectivity index is 1.23. The number of ether oxygens (including phenoxy) is 2. The molecule has 7 rings (SSSR count). The summed E-state index contributed by atoms with van der Waals surface area (Å²) >= 11 is 0. The van der Waals surface area contributed by atoms with Crippen molar-refractivity contribution in [2.75, 3.05) is 22.1 Å². The number of urea groups is 1. The van der Waals surface area contributed by atoms with Crippen molar-refractivity contribution >= 4 is 46.6 Å². The molecule has 0 saturated heterocycles. The van der Waals surface area contributed by atoms with Gasteiger partial charge in [-0.2, -0.15) is 18.1 Å². The van der Waals surface area contributed by atoms with Crippen molar-refractivity contribution in [3.63, 3.8) is 0 Å². The molecule has 3 aromatic heterocycles. The van der Waals surface area contributed by atoms with Crippen molar-refractivity contribution < 1.29 is 46.7 Å². The number of imide groups is 1. The molecule has 0 spiro atoms. The quantitative estimate of drug-likeness (QED) is 0.194. The van der Waals surface area contributed by atoms with Crippen LogP contribution < -0.4 is 20.3 Å². The van der Waals surface area contributed by atoms with Crippen molar-refractivity contribution in [1.82, 2.24) is 19.7 Å². The zero-order chi connectivity index (χ0) is 34.2. The Labute approximate surface area is 270 Å². The number of hydrogen-bond acceptors (Lipinski definition) is 9. The SMILES string of the molecule is CC(C)(C)OC(=O)N(C(=O)O)c1ncnc2c1c(-c1ccc(NC(=O)Nc3cc(C4(C(F)(F)F)CC4)on3)c3c1CCO3)cn2C1CC1. The van der Waals surface area contributed by atoms with Gasteiger partial charge in [0, 0.05) is 35.9 Å². The molecule has 4 aromatic rings. The Morgan fingerprint density at radius 2 is 1.85 bits per heavy atom. The van der Waals surface area contributed by atoms with Gasteiger partial charge in [0.2, 0.25) is 0 Å². The Kier molecular flexibility index (Phi) is 7.06. The van der Waals surface area contributed by atoms with E-state index in [1.165, 1.54) is 6.33 Å². The van der Waals surface area contributed by atoms with Gasteiger partial charge in [0.15, 0.2) is 17.4 Å². The predicted molar refractivity (Wildman–Crippen MR) is 163 cm³/mol. The van der Waals surface area contributed by atoms with Gasteiger partial charge in [-0.1, -0.05) is 11.2 Å². The minimum Gasteiger partial charge on any atom is -0.491 e. The van der Waals surface area contributed by atoms with E-state index in [0.717, 1.165) is 18.9 Å². The summed E-state index contributed by atoms with van der Waals surface area (Å²) in [6, 6.07) is 3.71. The average Bonchev–Trinajstić information content (AvgIpc) is 3.86. The molecule has 3 N–H and O–H groups in total. The number of hydrogen-bond donors (Lipinski definition) is 3. The fourth-order valence-corrected chi connectivity index (χ4v) is 5.91. The molecule has 252 valence electrons. The second-order valence-electron chi connectivity index (χ2n) is 13.0. The van der Waals surface area contributed by atoms with E-state index in [4.69, 9.17) is 14.0 Å². The summed E-state index contributed by atoms with van der Waals surface area (Å²) in [4.78, 5) is 47.7. The largest absolute Gasteiger partial charge is 0.491 e. The number of halogens is 3. The van der Waals surface area contributed by atoms with E-state index in [1.807, 2.05) is 10.8 Å². The predicted octanol–water partition coefficient (Wildman–Crippen LogP) is 7.01. The zero-order valence-electron chi connectivity index (χ0n) is 26.0. The van der Waals surface area contributed by atoms with Gasteiger partial charge in [-0.05, 0) is 58.1 Å². The van der Waals surface area contributed by atoms with Crippen LogP contribution in [0.4, 0.5) is 44.9 Å². The van der Waals surface area contributed by atoms with Crippen LogP contribution in [0.5, 0.6) is 5.75 Å². The number of benzene rings is 1. The van der Waals surface area contributed by atoms with E-state index in [2.05, 4.69) is 25.8 Å². The molecule has 3 aliphatic rings. The van der Waals surface area contributed by atoms with Gasteiger partial charge in [0.25, 0.3) is 0 Å². The molecule has 1 aromatic carbocycles. The number of amides is 4. The highest BCUT2D eigenvalue weighted by Crippen LogP contribution is 2.59. The van der Waals surface area contributed by atoms with Gasteiger partial charge >= 0.3 is 24.4 Å². The lowest BCUT2D eigenvalue weighted by Gasteiger charge is -2.24. The van der Waals surface area contributed by atoms with Crippen molar-refractivity contribution in [2.45, 2.75) is 76.1 Å². The van der Waals surface area contributed by atoms with Crippen LogP contribution in [0.1, 0.15) is 63.8 Å². The van der Waals surface area contributed by atoms with E-state index >= 15 is 0 Å². The van der Waals surface area contributed by atoms with Crippen molar-refractivity contribution in [2.24, 2.45) is 0 Å². The number of fused-ring (bicyclic) bond motifs is 2. The first-order chi connectivity index (χ1) is 22.7. The van der Waals surface area contributed by atoms with Crippen molar-refractivity contribution in [1.29, 1.82) is 0 Å². The first-order valence-corrected chi connectivity index (χ1v) is 15.2.